The fourth-order valence-corrected chi connectivity index (χ4v) is 3.13. The van der Waals surface area contributed by atoms with Gasteiger partial charge in [-0.3, -0.25) is 14.6 Å². The van der Waals surface area contributed by atoms with Gasteiger partial charge in [-0.1, -0.05) is 12.1 Å². The van der Waals surface area contributed by atoms with Crippen molar-refractivity contribution in [3.8, 4) is 0 Å². The van der Waals surface area contributed by atoms with Crippen LogP contribution in [0.4, 0.5) is 13.2 Å². The van der Waals surface area contributed by atoms with Gasteiger partial charge in [0.2, 0.25) is 0 Å². The minimum atomic E-state index is -4.49. The molecular formula is C19H17F3N2O2. The van der Waals surface area contributed by atoms with Crippen LogP contribution >= 0.6 is 0 Å². The topological polar surface area (TPSA) is 50.3 Å². The second-order valence-corrected chi connectivity index (χ2v) is 6.27. The Balaban J connectivity index is 1.75. The highest BCUT2D eigenvalue weighted by atomic mass is 19.4. The lowest BCUT2D eigenvalue weighted by Gasteiger charge is -2.32. The normalized spacial score (nSPS) is 17.8. The number of carbonyl (C=O) groups is 2. The van der Waals surface area contributed by atoms with E-state index >= 15 is 0 Å². The van der Waals surface area contributed by atoms with Gasteiger partial charge in [-0.25, -0.2) is 0 Å². The molecule has 4 nitrogen and oxygen atoms in total. The number of likely N-dealkylation sites (tertiary alicyclic amines) is 1. The second-order valence-electron chi connectivity index (χ2n) is 6.27. The van der Waals surface area contributed by atoms with Gasteiger partial charge in [0, 0.05) is 37.0 Å². The van der Waals surface area contributed by atoms with Gasteiger partial charge in [0.15, 0.2) is 5.78 Å². The first-order chi connectivity index (χ1) is 12.4. The van der Waals surface area contributed by atoms with Crippen molar-refractivity contribution in [3.63, 3.8) is 0 Å². The molecule has 1 aliphatic heterocycles. The van der Waals surface area contributed by atoms with E-state index in [9.17, 15) is 22.8 Å². The summed E-state index contributed by atoms with van der Waals surface area (Å²) in [5.41, 5.74) is -0.386. The van der Waals surface area contributed by atoms with Gasteiger partial charge in [0.25, 0.3) is 5.91 Å². The molecule has 1 saturated heterocycles. The van der Waals surface area contributed by atoms with Crippen LogP contribution in [0.25, 0.3) is 0 Å². The standard InChI is InChI=1S/C19H17F3N2O2/c20-19(21,22)16-7-1-4-13(10-16)17(25)15-6-3-9-24(12-15)18(26)14-5-2-8-23-11-14/h1-2,4-5,7-8,10-11,15H,3,6,9,12H2/t15-/m0/s1. The molecule has 0 radical (unpaired) electrons. The van der Waals surface area contributed by atoms with Crippen LogP contribution in [-0.2, 0) is 6.18 Å². The van der Waals surface area contributed by atoms with Crippen molar-refractivity contribution >= 4 is 11.7 Å². The highest BCUT2D eigenvalue weighted by Gasteiger charge is 2.33. The molecule has 0 bridgehead atoms. The number of hydrogen-bond donors (Lipinski definition) is 0. The van der Waals surface area contributed by atoms with Crippen molar-refractivity contribution in [1.29, 1.82) is 0 Å². The Labute approximate surface area is 148 Å². The minimum absolute atomic E-state index is 0.0282. The Hall–Kier alpha value is -2.70. The zero-order valence-corrected chi connectivity index (χ0v) is 13.9. The predicted molar refractivity (Wildman–Crippen MR) is 88.6 cm³/mol. The molecule has 0 N–H and O–H groups in total. The number of amides is 1. The van der Waals surface area contributed by atoms with E-state index in [-0.39, 0.29) is 23.8 Å². The molecule has 1 aromatic carbocycles. The average molecular weight is 362 g/mol. The number of Topliss-reactive ketones (excluding diaryl/α,β-unsaturated/α-hetero) is 1. The molecule has 0 aliphatic carbocycles. The Morgan fingerprint density at radius 1 is 1.12 bits per heavy atom. The molecule has 1 amide bonds. The summed E-state index contributed by atoms with van der Waals surface area (Å²) in [5.74, 6) is -1.09. The monoisotopic (exact) mass is 362 g/mol. The van der Waals surface area contributed by atoms with Gasteiger partial charge in [-0.15, -0.1) is 0 Å². The zero-order valence-electron chi connectivity index (χ0n) is 13.9. The number of carbonyl (C=O) groups excluding carboxylic acids is 2. The van der Waals surface area contributed by atoms with Crippen molar-refractivity contribution < 1.29 is 22.8 Å². The molecule has 0 unspecified atom stereocenters. The summed E-state index contributed by atoms with van der Waals surface area (Å²) >= 11 is 0. The first-order valence-corrected chi connectivity index (χ1v) is 8.27. The predicted octanol–water partition coefficient (Wildman–Crippen LogP) is 3.84. The van der Waals surface area contributed by atoms with E-state index in [4.69, 9.17) is 0 Å². The van der Waals surface area contributed by atoms with Gasteiger partial charge in [0.05, 0.1) is 11.1 Å². The van der Waals surface area contributed by atoms with Crippen LogP contribution in [0.2, 0.25) is 0 Å². The number of nitrogens with zero attached hydrogens (tertiary/aromatic N) is 2. The van der Waals surface area contributed by atoms with Crippen molar-refractivity contribution in [3.05, 3.63) is 65.5 Å². The third-order valence-electron chi connectivity index (χ3n) is 4.46. The van der Waals surface area contributed by atoms with Crippen LogP contribution in [-0.4, -0.2) is 34.7 Å². The van der Waals surface area contributed by atoms with Gasteiger partial charge in [0.1, 0.15) is 0 Å². The highest BCUT2D eigenvalue weighted by Crippen LogP contribution is 2.31. The van der Waals surface area contributed by atoms with Crippen LogP contribution < -0.4 is 0 Å². The molecule has 2 aromatic rings. The summed E-state index contributed by atoms with van der Waals surface area (Å²) < 4.78 is 38.6. The number of pyridine rings is 1. The number of alkyl halides is 3. The quantitative estimate of drug-likeness (QED) is 0.780. The molecular weight excluding hydrogens is 345 g/mol. The van der Waals surface area contributed by atoms with Gasteiger partial charge in [-0.05, 0) is 37.1 Å². The maximum absolute atomic E-state index is 12.9. The van der Waals surface area contributed by atoms with E-state index in [0.29, 0.717) is 24.9 Å². The molecule has 1 aromatic heterocycles. The molecule has 136 valence electrons. The molecule has 0 spiro atoms. The fraction of sp³-hybridized carbons (Fsp3) is 0.316. The van der Waals surface area contributed by atoms with E-state index in [2.05, 4.69) is 4.98 Å². The van der Waals surface area contributed by atoms with E-state index < -0.39 is 17.7 Å². The molecule has 1 fully saturated rings. The Morgan fingerprint density at radius 2 is 1.88 bits per heavy atom. The number of piperidine rings is 1. The van der Waals surface area contributed by atoms with E-state index in [1.54, 1.807) is 23.2 Å². The first-order valence-electron chi connectivity index (χ1n) is 8.27. The van der Waals surface area contributed by atoms with Crippen LogP contribution in [0.15, 0.2) is 48.8 Å². The lowest BCUT2D eigenvalue weighted by molar-refractivity contribution is -0.137. The number of ketones is 1. The fourth-order valence-electron chi connectivity index (χ4n) is 3.13. The van der Waals surface area contributed by atoms with Crippen LogP contribution in [0.1, 0.15) is 39.1 Å². The number of aromatic nitrogens is 1. The smallest absolute Gasteiger partial charge is 0.338 e. The highest BCUT2D eigenvalue weighted by molar-refractivity contribution is 5.99. The molecule has 0 saturated carbocycles. The van der Waals surface area contributed by atoms with Gasteiger partial charge >= 0.3 is 6.18 Å². The molecule has 2 heterocycles. The van der Waals surface area contributed by atoms with Crippen molar-refractivity contribution in [2.24, 2.45) is 5.92 Å². The number of halogens is 3. The molecule has 7 heteroatoms. The molecule has 26 heavy (non-hydrogen) atoms. The van der Waals surface area contributed by atoms with E-state index in [1.807, 2.05) is 0 Å². The lowest BCUT2D eigenvalue weighted by atomic mass is 9.89. The Bertz CT molecular complexity index is 806. The van der Waals surface area contributed by atoms with Crippen LogP contribution in [0.5, 0.6) is 0 Å². The lowest BCUT2D eigenvalue weighted by Crippen LogP contribution is -2.42. The van der Waals surface area contributed by atoms with E-state index in [0.717, 1.165) is 12.1 Å². The summed E-state index contributed by atoms with van der Waals surface area (Å²) in [6, 6.07) is 7.74. The summed E-state index contributed by atoms with van der Waals surface area (Å²) in [6.45, 7) is 0.711. The Morgan fingerprint density at radius 3 is 2.58 bits per heavy atom. The summed E-state index contributed by atoms with van der Waals surface area (Å²) in [6.07, 6.45) is -0.300. The van der Waals surface area contributed by atoms with Crippen molar-refractivity contribution in [1.82, 2.24) is 9.88 Å². The molecule has 1 aliphatic rings. The van der Waals surface area contributed by atoms with Gasteiger partial charge in [-0.2, -0.15) is 13.2 Å². The Kier molecular flexibility index (Phi) is 5.06. The summed E-state index contributed by atoms with van der Waals surface area (Å²) in [5, 5.41) is 0. The minimum Gasteiger partial charge on any atom is -0.338 e. The SMILES string of the molecule is O=C(c1cccc(C(F)(F)F)c1)[C@H]1CCCN(C(=O)c2cccnc2)C1. The number of rotatable bonds is 3. The zero-order chi connectivity index (χ0) is 18.7. The third kappa shape index (κ3) is 3.92. The summed E-state index contributed by atoms with van der Waals surface area (Å²) in [4.78, 5) is 30.7. The molecule has 3 rings (SSSR count). The number of benzene rings is 1. The largest absolute Gasteiger partial charge is 0.416 e. The van der Waals surface area contributed by atoms with Crippen molar-refractivity contribution in [2.45, 2.75) is 19.0 Å². The first kappa shape index (κ1) is 18.1. The maximum atomic E-state index is 12.9. The van der Waals surface area contributed by atoms with Crippen LogP contribution in [0, 0.1) is 5.92 Å². The van der Waals surface area contributed by atoms with E-state index in [1.165, 1.54) is 18.3 Å². The second kappa shape index (κ2) is 7.27. The third-order valence-corrected chi connectivity index (χ3v) is 4.46. The van der Waals surface area contributed by atoms with Gasteiger partial charge < -0.3 is 4.90 Å². The van der Waals surface area contributed by atoms with Crippen molar-refractivity contribution in [2.75, 3.05) is 13.1 Å². The number of hydrogen-bond acceptors (Lipinski definition) is 3. The maximum Gasteiger partial charge on any atom is 0.416 e. The van der Waals surface area contributed by atoms with Crippen LogP contribution in [0.3, 0.4) is 0 Å². The summed E-state index contributed by atoms with van der Waals surface area (Å²) in [7, 11) is 0. The molecule has 1 atom stereocenters. The average Bonchev–Trinajstić information content (AvgIpc) is 2.67.